The minimum Gasteiger partial charge on any atom is -0.330 e. The average Bonchev–Trinajstić information content (AvgIpc) is 2.13. The maximum Gasteiger partial charge on any atom is 0.264 e. The van der Waals surface area contributed by atoms with Crippen molar-refractivity contribution in [3.05, 3.63) is 33.2 Å². The molecule has 0 aliphatic carbocycles. The molecule has 0 amide bonds. The molecule has 2 N–H and O–H groups in total. The van der Waals surface area contributed by atoms with Gasteiger partial charge in [0.25, 0.3) is 5.56 Å². The number of rotatable bonds is 4. The van der Waals surface area contributed by atoms with Crippen molar-refractivity contribution in [1.29, 1.82) is 0 Å². The Hall–Kier alpha value is -0.610. The standard InChI is InChI=1S/C9H13BrN2O/c10-8-4-3-7-12(9(8)13)6-2-1-5-11/h3-4,7H,1-2,5-6,11H2. The third kappa shape index (κ3) is 2.97. The number of aromatic nitrogens is 1. The van der Waals surface area contributed by atoms with E-state index in [1.807, 2.05) is 6.07 Å². The van der Waals surface area contributed by atoms with Crippen molar-refractivity contribution in [2.75, 3.05) is 6.54 Å². The molecule has 0 aliphatic rings. The molecule has 72 valence electrons. The van der Waals surface area contributed by atoms with Crippen molar-refractivity contribution < 1.29 is 0 Å². The van der Waals surface area contributed by atoms with Gasteiger partial charge in [0.05, 0.1) is 4.47 Å². The Morgan fingerprint density at radius 3 is 2.92 bits per heavy atom. The molecule has 13 heavy (non-hydrogen) atoms. The molecule has 0 fully saturated rings. The van der Waals surface area contributed by atoms with Crippen molar-refractivity contribution in [1.82, 2.24) is 4.57 Å². The van der Waals surface area contributed by atoms with Crippen LogP contribution in [-0.4, -0.2) is 11.1 Å². The zero-order valence-electron chi connectivity index (χ0n) is 7.37. The van der Waals surface area contributed by atoms with Crippen LogP contribution in [0.4, 0.5) is 0 Å². The number of halogens is 1. The van der Waals surface area contributed by atoms with Crippen LogP contribution >= 0.6 is 15.9 Å². The molecular weight excluding hydrogens is 232 g/mol. The van der Waals surface area contributed by atoms with Gasteiger partial charge in [-0.2, -0.15) is 0 Å². The predicted octanol–water partition coefficient (Wildman–Crippen LogP) is 1.35. The lowest BCUT2D eigenvalue weighted by Crippen LogP contribution is -2.20. The third-order valence-electron chi connectivity index (χ3n) is 1.83. The Labute approximate surface area is 85.7 Å². The summed E-state index contributed by atoms with van der Waals surface area (Å²) in [6.45, 7) is 1.43. The van der Waals surface area contributed by atoms with Gasteiger partial charge >= 0.3 is 0 Å². The van der Waals surface area contributed by atoms with Crippen LogP contribution in [0.15, 0.2) is 27.6 Å². The van der Waals surface area contributed by atoms with Crippen LogP contribution in [-0.2, 0) is 6.54 Å². The van der Waals surface area contributed by atoms with E-state index in [9.17, 15) is 4.79 Å². The summed E-state index contributed by atoms with van der Waals surface area (Å²) >= 11 is 3.20. The highest BCUT2D eigenvalue weighted by molar-refractivity contribution is 9.10. The summed E-state index contributed by atoms with van der Waals surface area (Å²) < 4.78 is 2.31. The highest BCUT2D eigenvalue weighted by Gasteiger charge is 1.98. The summed E-state index contributed by atoms with van der Waals surface area (Å²) in [6.07, 6.45) is 3.70. The first-order chi connectivity index (χ1) is 6.25. The van der Waals surface area contributed by atoms with Crippen LogP contribution < -0.4 is 11.3 Å². The number of unbranched alkanes of at least 4 members (excludes halogenated alkanes) is 1. The summed E-state index contributed by atoms with van der Waals surface area (Å²) in [5.41, 5.74) is 5.39. The number of pyridine rings is 1. The largest absolute Gasteiger partial charge is 0.330 e. The molecule has 0 spiro atoms. The number of nitrogens with zero attached hydrogens (tertiary/aromatic N) is 1. The van der Waals surface area contributed by atoms with E-state index in [2.05, 4.69) is 15.9 Å². The van der Waals surface area contributed by atoms with Gasteiger partial charge in [-0.25, -0.2) is 0 Å². The summed E-state index contributed by atoms with van der Waals surface area (Å²) in [5.74, 6) is 0. The van der Waals surface area contributed by atoms with Gasteiger partial charge in [0.1, 0.15) is 0 Å². The van der Waals surface area contributed by atoms with Crippen molar-refractivity contribution in [3.8, 4) is 0 Å². The topological polar surface area (TPSA) is 48.0 Å². The van der Waals surface area contributed by atoms with Gasteiger partial charge in [-0.1, -0.05) is 0 Å². The lowest BCUT2D eigenvalue weighted by molar-refractivity contribution is 0.597. The first-order valence-electron chi connectivity index (χ1n) is 4.30. The highest BCUT2D eigenvalue weighted by Crippen LogP contribution is 2.01. The van der Waals surface area contributed by atoms with Crippen molar-refractivity contribution in [3.63, 3.8) is 0 Å². The van der Waals surface area contributed by atoms with Crippen LogP contribution in [0.2, 0.25) is 0 Å². The number of aryl methyl sites for hydroxylation is 1. The van der Waals surface area contributed by atoms with E-state index in [1.165, 1.54) is 0 Å². The SMILES string of the molecule is NCCCCn1cccc(Br)c1=O. The normalized spacial score (nSPS) is 10.3. The van der Waals surface area contributed by atoms with E-state index in [4.69, 9.17) is 5.73 Å². The summed E-state index contributed by atoms with van der Waals surface area (Å²) in [6, 6.07) is 3.61. The predicted molar refractivity (Wildman–Crippen MR) is 56.7 cm³/mol. The molecule has 3 nitrogen and oxygen atoms in total. The monoisotopic (exact) mass is 244 g/mol. The summed E-state index contributed by atoms with van der Waals surface area (Å²) in [5, 5.41) is 0. The van der Waals surface area contributed by atoms with Gasteiger partial charge in [0.2, 0.25) is 0 Å². The molecule has 1 rings (SSSR count). The molecule has 1 aromatic heterocycles. The molecule has 0 radical (unpaired) electrons. The van der Waals surface area contributed by atoms with Gasteiger partial charge < -0.3 is 10.3 Å². The molecule has 1 heterocycles. The first kappa shape index (κ1) is 10.5. The van der Waals surface area contributed by atoms with Crippen LogP contribution in [0.1, 0.15) is 12.8 Å². The van der Waals surface area contributed by atoms with Gasteiger partial charge in [-0.05, 0) is 47.4 Å². The number of hydrogen-bond donors (Lipinski definition) is 1. The molecule has 4 heteroatoms. The summed E-state index contributed by atoms with van der Waals surface area (Å²) in [7, 11) is 0. The molecular formula is C9H13BrN2O. The maximum atomic E-state index is 11.4. The summed E-state index contributed by atoms with van der Waals surface area (Å²) in [4.78, 5) is 11.4. The van der Waals surface area contributed by atoms with E-state index in [0.29, 0.717) is 11.0 Å². The molecule has 0 aliphatic heterocycles. The zero-order valence-corrected chi connectivity index (χ0v) is 8.96. The fourth-order valence-electron chi connectivity index (χ4n) is 1.11. The van der Waals surface area contributed by atoms with E-state index >= 15 is 0 Å². The molecule has 0 saturated heterocycles. The van der Waals surface area contributed by atoms with Gasteiger partial charge in [0.15, 0.2) is 0 Å². The smallest absolute Gasteiger partial charge is 0.264 e. The Morgan fingerprint density at radius 2 is 2.23 bits per heavy atom. The van der Waals surface area contributed by atoms with E-state index in [1.54, 1.807) is 16.8 Å². The quantitative estimate of drug-likeness (QED) is 0.814. The van der Waals surface area contributed by atoms with Crippen molar-refractivity contribution in [2.24, 2.45) is 5.73 Å². The second-order valence-electron chi connectivity index (χ2n) is 2.85. The van der Waals surface area contributed by atoms with E-state index < -0.39 is 0 Å². The first-order valence-corrected chi connectivity index (χ1v) is 5.10. The van der Waals surface area contributed by atoms with E-state index in [0.717, 1.165) is 19.4 Å². The van der Waals surface area contributed by atoms with Gasteiger partial charge in [-0.3, -0.25) is 4.79 Å². The highest BCUT2D eigenvalue weighted by atomic mass is 79.9. The van der Waals surface area contributed by atoms with E-state index in [-0.39, 0.29) is 5.56 Å². The molecule has 0 unspecified atom stereocenters. The van der Waals surface area contributed by atoms with Gasteiger partial charge in [-0.15, -0.1) is 0 Å². The van der Waals surface area contributed by atoms with Crippen LogP contribution in [0.3, 0.4) is 0 Å². The lowest BCUT2D eigenvalue weighted by atomic mass is 10.3. The number of nitrogens with two attached hydrogens (primary N) is 1. The molecule has 0 atom stereocenters. The Morgan fingerprint density at radius 1 is 1.46 bits per heavy atom. The Bertz CT molecular complexity index is 322. The lowest BCUT2D eigenvalue weighted by Gasteiger charge is -2.04. The Balaban J connectivity index is 2.67. The molecule has 0 saturated carbocycles. The fraction of sp³-hybridized carbons (Fsp3) is 0.444. The van der Waals surface area contributed by atoms with Crippen LogP contribution in [0.25, 0.3) is 0 Å². The number of hydrogen-bond acceptors (Lipinski definition) is 2. The zero-order chi connectivity index (χ0) is 9.68. The second-order valence-corrected chi connectivity index (χ2v) is 3.70. The van der Waals surface area contributed by atoms with Crippen molar-refractivity contribution in [2.45, 2.75) is 19.4 Å². The molecule has 0 bridgehead atoms. The second kappa shape index (κ2) is 5.19. The van der Waals surface area contributed by atoms with Crippen LogP contribution in [0, 0.1) is 0 Å². The van der Waals surface area contributed by atoms with Gasteiger partial charge in [0, 0.05) is 12.7 Å². The fourth-order valence-corrected chi connectivity index (χ4v) is 1.49. The minimum absolute atomic E-state index is 0.0273. The third-order valence-corrected chi connectivity index (χ3v) is 2.43. The minimum atomic E-state index is 0.0273. The Kier molecular flexibility index (Phi) is 4.18. The maximum absolute atomic E-state index is 11.4. The van der Waals surface area contributed by atoms with Crippen molar-refractivity contribution >= 4 is 15.9 Å². The molecule has 1 aromatic rings. The average molecular weight is 245 g/mol. The molecule has 0 aromatic carbocycles. The van der Waals surface area contributed by atoms with Crippen LogP contribution in [0.5, 0.6) is 0 Å².